The van der Waals surface area contributed by atoms with Crippen molar-refractivity contribution in [1.82, 2.24) is 5.32 Å². The number of nitrogens with one attached hydrogen (secondary N) is 1. The summed E-state index contributed by atoms with van der Waals surface area (Å²) in [5.74, 6) is -1.99. The summed E-state index contributed by atoms with van der Waals surface area (Å²) in [6, 6.07) is 8.22. The number of methoxy groups -OCH3 is 1. The lowest BCUT2D eigenvalue weighted by Gasteiger charge is -2.16. The number of hydrogen-bond donors (Lipinski definition) is 1. The molecular formula is C18H23NO6. The Morgan fingerprint density at radius 2 is 1.88 bits per heavy atom. The van der Waals surface area contributed by atoms with Gasteiger partial charge in [0.25, 0.3) is 0 Å². The number of amides is 1. The van der Waals surface area contributed by atoms with Gasteiger partial charge in [0.05, 0.1) is 13.7 Å². The molecule has 0 unspecified atom stereocenters. The molecule has 0 aliphatic carbocycles. The number of unbranched alkanes of at least 4 members (excludes halogenated alkanes) is 1. The fourth-order valence-corrected chi connectivity index (χ4v) is 1.84. The van der Waals surface area contributed by atoms with Crippen molar-refractivity contribution in [3.63, 3.8) is 0 Å². The van der Waals surface area contributed by atoms with Gasteiger partial charge in [0.15, 0.2) is 0 Å². The quantitative estimate of drug-likeness (QED) is 0.227. The summed E-state index contributed by atoms with van der Waals surface area (Å²) in [4.78, 5) is 44.7. The molecule has 0 radical (unpaired) electrons. The molecule has 0 saturated carbocycles. The molecule has 1 amide bonds. The first-order valence-corrected chi connectivity index (χ1v) is 8.00. The van der Waals surface area contributed by atoms with Crippen molar-refractivity contribution in [3.05, 3.63) is 48.0 Å². The van der Waals surface area contributed by atoms with Crippen LogP contribution in [0.25, 0.3) is 0 Å². The second-order valence-electron chi connectivity index (χ2n) is 5.19. The second kappa shape index (κ2) is 11.8. The van der Waals surface area contributed by atoms with Gasteiger partial charge in [0.1, 0.15) is 6.04 Å². The molecule has 0 spiro atoms. The Balaban J connectivity index is 2.69. The standard InChI is InChI=1S/C18H23NO6/c1-3-4-12-24-25-18(22)15(13-14-8-6-5-7-9-14)19-16(20)10-11-17(21)23-2/h5-11,15H,3-4,12-13H2,1-2H3,(H,19,20)/b11-10-/t15-/m0/s1. The monoisotopic (exact) mass is 349 g/mol. The zero-order valence-electron chi connectivity index (χ0n) is 14.4. The van der Waals surface area contributed by atoms with Crippen LogP contribution in [0.4, 0.5) is 0 Å². The van der Waals surface area contributed by atoms with E-state index >= 15 is 0 Å². The number of ether oxygens (including phenoxy) is 1. The largest absolute Gasteiger partial charge is 0.466 e. The van der Waals surface area contributed by atoms with E-state index in [0.717, 1.165) is 30.6 Å². The Bertz CT molecular complexity index is 584. The van der Waals surface area contributed by atoms with E-state index in [1.807, 2.05) is 37.3 Å². The third kappa shape index (κ3) is 8.66. The predicted octanol–water partition coefficient (Wildman–Crippen LogP) is 1.72. The third-order valence-electron chi connectivity index (χ3n) is 3.18. The molecule has 0 aliphatic heterocycles. The van der Waals surface area contributed by atoms with Gasteiger partial charge in [-0.25, -0.2) is 9.59 Å². The van der Waals surface area contributed by atoms with Crippen LogP contribution in [0.1, 0.15) is 25.3 Å². The van der Waals surface area contributed by atoms with E-state index in [4.69, 9.17) is 9.78 Å². The maximum Gasteiger partial charge on any atom is 0.364 e. The molecule has 1 rings (SSSR count). The topological polar surface area (TPSA) is 90.9 Å². The van der Waals surface area contributed by atoms with E-state index in [-0.39, 0.29) is 13.0 Å². The van der Waals surface area contributed by atoms with Crippen molar-refractivity contribution in [1.29, 1.82) is 0 Å². The highest BCUT2D eigenvalue weighted by Crippen LogP contribution is 2.05. The molecule has 0 aromatic heterocycles. The first-order chi connectivity index (χ1) is 12.1. The molecule has 0 bridgehead atoms. The fourth-order valence-electron chi connectivity index (χ4n) is 1.84. The van der Waals surface area contributed by atoms with Crippen molar-refractivity contribution < 1.29 is 28.9 Å². The van der Waals surface area contributed by atoms with Gasteiger partial charge < -0.3 is 10.1 Å². The van der Waals surface area contributed by atoms with Crippen LogP contribution in [0.15, 0.2) is 42.5 Å². The maximum atomic E-state index is 12.2. The smallest absolute Gasteiger partial charge is 0.364 e. The molecular weight excluding hydrogens is 326 g/mol. The van der Waals surface area contributed by atoms with Crippen LogP contribution < -0.4 is 5.32 Å². The van der Waals surface area contributed by atoms with Crippen molar-refractivity contribution >= 4 is 17.8 Å². The second-order valence-corrected chi connectivity index (χ2v) is 5.19. The molecule has 7 nitrogen and oxygen atoms in total. The normalized spacial score (nSPS) is 11.8. The molecule has 0 fully saturated rings. The van der Waals surface area contributed by atoms with Crippen LogP contribution in [-0.4, -0.2) is 37.6 Å². The summed E-state index contributed by atoms with van der Waals surface area (Å²) >= 11 is 0. The summed E-state index contributed by atoms with van der Waals surface area (Å²) in [5, 5.41) is 2.50. The van der Waals surface area contributed by atoms with Crippen LogP contribution in [-0.2, 0) is 35.3 Å². The average molecular weight is 349 g/mol. The Kier molecular flexibility index (Phi) is 9.62. The summed E-state index contributed by atoms with van der Waals surface area (Å²) in [6.07, 6.45) is 3.85. The van der Waals surface area contributed by atoms with E-state index in [0.29, 0.717) is 0 Å². The van der Waals surface area contributed by atoms with Crippen molar-refractivity contribution in [2.75, 3.05) is 13.7 Å². The van der Waals surface area contributed by atoms with Gasteiger partial charge in [-0.3, -0.25) is 9.68 Å². The Morgan fingerprint density at radius 3 is 2.52 bits per heavy atom. The van der Waals surface area contributed by atoms with Gasteiger partial charge in [0.2, 0.25) is 5.91 Å². The van der Waals surface area contributed by atoms with Crippen molar-refractivity contribution in [2.45, 2.75) is 32.2 Å². The lowest BCUT2D eigenvalue weighted by Crippen LogP contribution is -2.42. The minimum absolute atomic E-state index is 0.231. The molecule has 25 heavy (non-hydrogen) atoms. The van der Waals surface area contributed by atoms with Crippen molar-refractivity contribution in [2.24, 2.45) is 0 Å². The average Bonchev–Trinajstić information content (AvgIpc) is 2.63. The highest BCUT2D eigenvalue weighted by molar-refractivity contribution is 5.96. The van der Waals surface area contributed by atoms with Crippen LogP contribution in [0, 0.1) is 0 Å². The number of benzene rings is 1. The molecule has 1 aromatic rings. The maximum absolute atomic E-state index is 12.2. The van der Waals surface area contributed by atoms with Crippen LogP contribution in [0.5, 0.6) is 0 Å². The van der Waals surface area contributed by atoms with E-state index in [1.54, 1.807) is 0 Å². The number of carbonyl (C=O) groups excluding carboxylic acids is 3. The fraction of sp³-hybridized carbons (Fsp3) is 0.389. The van der Waals surface area contributed by atoms with Crippen LogP contribution >= 0.6 is 0 Å². The molecule has 1 N–H and O–H groups in total. The number of esters is 1. The summed E-state index contributed by atoms with van der Waals surface area (Å²) in [7, 11) is 1.20. The van der Waals surface area contributed by atoms with Crippen LogP contribution in [0.3, 0.4) is 0 Å². The minimum atomic E-state index is -0.946. The van der Waals surface area contributed by atoms with Gasteiger partial charge in [-0.1, -0.05) is 43.7 Å². The lowest BCUT2D eigenvalue weighted by atomic mass is 10.1. The van der Waals surface area contributed by atoms with Gasteiger partial charge in [-0.2, -0.15) is 4.89 Å². The van der Waals surface area contributed by atoms with Gasteiger partial charge >= 0.3 is 11.9 Å². The first kappa shape index (κ1) is 20.4. The highest BCUT2D eigenvalue weighted by atomic mass is 17.2. The van der Waals surface area contributed by atoms with E-state index < -0.39 is 23.9 Å². The number of hydrogen-bond acceptors (Lipinski definition) is 6. The predicted molar refractivity (Wildman–Crippen MR) is 90.2 cm³/mol. The van der Waals surface area contributed by atoms with Gasteiger partial charge in [0, 0.05) is 18.6 Å². The van der Waals surface area contributed by atoms with Gasteiger partial charge in [-0.05, 0) is 12.0 Å². The van der Waals surface area contributed by atoms with E-state index in [1.165, 1.54) is 7.11 Å². The molecule has 0 saturated heterocycles. The Morgan fingerprint density at radius 1 is 1.16 bits per heavy atom. The summed E-state index contributed by atoms with van der Waals surface area (Å²) in [5.41, 5.74) is 0.843. The SMILES string of the molecule is CCCCOOC(=O)[C@H](Cc1ccccc1)NC(=O)/C=C\C(=O)OC. The number of rotatable bonds is 10. The van der Waals surface area contributed by atoms with E-state index in [9.17, 15) is 14.4 Å². The first-order valence-electron chi connectivity index (χ1n) is 8.00. The molecule has 1 aromatic carbocycles. The summed E-state index contributed by atoms with van der Waals surface area (Å²) in [6.45, 7) is 2.27. The molecule has 1 atom stereocenters. The summed E-state index contributed by atoms with van der Waals surface area (Å²) < 4.78 is 4.41. The third-order valence-corrected chi connectivity index (χ3v) is 3.18. The van der Waals surface area contributed by atoms with E-state index in [2.05, 4.69) is 10.1 Å². The molecule has 7 heteroatoms. The Labute approximate surface area is 146 Å². The highest BCUT2D eigenvalue weighted by Gasteiger charge is 2.23. The molecule has 0 aliphatic rings. The van der Waals surface area contributed by atoms with Gasteiger partial charge in [-0.15, -0.1) is 0 Å². The minimum Gasteiger partial charge on any atom is -0.466 e. The molecule has 0 heterocycles. The van der Waals surface area contributed by atoms with Crippen molar-refractivity contribution in [3.8, 4) is 0 Å². The molecule has 136 valence electrons. The van der Waals surface area contributed by atoms with Crippen LogP contribution in [0.2, 0.25) is 0 Å². The zero-order valence-corrected chi connectivity index (χ0v) is 14.4. The Hall–Kier alpha value is -2.67. The lowest BCUT2D eigenvalue weighted by molar-refractivity contribution is -0.274. The zero-order chi connectivity index (χ0) is 18.5. The number of carbonyl (C=O) groups is 3.